The molecule has 0 unspecified atom stereocenters. The van der Waals surface area contributed by atoms with E-state index in [2.05, 4.69) is 0 Å². The minimum absolute atomic E-state index is 0.0186. The van der Waals surface area contributed by atoms with Gasteiger partial charge in [-0.25, -0.2) is 8.78 Å². The molecule has 1 amide bonds. The first-order chi connectivity index (χ1) is 15.9. The Kier molecular flexibility index (Phi) is 5.39. The normalized spacial score (nSPS) is 21.3. The largest absolute Gasteiger partial charge is 0.494 e. The SMILES string of the molecule is COc1ccc(-c2sc(C(=O)N3[C@@H]4CC[C@H]3[C@@H](N)C4)cc2-c2ccc(C#N)c(F)c2)cc1F. The fourth-order valence-corrected chi connectivity index (χ4v) is 6.11. The standard InChI is InChI=1S/C25H21F2N3O2S/c1-32-22-7-4-14(9-19(22)27)24-17(13-2-3-15(12-28)18(26)8-13)11-23(33-24)25(31)30-16-5-6-21(30)20(29)10-16/h2-4,7-9,11,16,20-21H,5-6,10,29H2,1H3/t16-,20+,21+/m1/s1. The van der Waals surface area contributed by atoms with Gasteiger partial charge in [0, 0.05) is 28.6 Å². The van der Waals surface area contributed by atoms with Crippen molar-refractivity contribution in [2.24, 2.45) is 5.73 Å². The van der Waals surface area contributed by atoms with E-state index >= 15 is 0 Å². The Hall–Kier alpha value is -3.28. The average molecular weight is 466 g/mol. The number of ether oxygens (including phenoxy) is 1. The first-order valence-corrected chi connectivity index (χ1v) is 11.5. The number of benzene rings is 2. The van der Waals surface area contributed by atoms with Gasteiger partial charge in [-0.2, -0.15) is 5.26 Å². The van der Waals surface area contributed by atoms with Crippen molar-refractivity contribution < 1.29 is 18.3 Å². The monoisotopic (exact) mass is 465 g/mol. The predicted molar refractivity (Wildman–Crippen MR) is 122 cm³/mol. The zero-order valence-corrected chi connectivity index (χ0v) is 18.7. The Morgan fingerprint density at radius 2 is 1.91 bits per heavy atom. The van der Waals surface area contributed by atoms with Gasteiger partial charge in [-0.05, 0) is 66.8 Å². The Morgan fingerprint density at radius 3 is 2.52 bits per heavy atom. The zero-order valence-electron chi connectivity index (χ0n) is 17.8. The van der Waals surface area contributed by atoms with Gasteiger partial charge in [0.15, 0.2) is 11.6 Å². The van der Waals surface area contributed by atoms with E-state index in [-0.39, 0.29) is 35.3 Å². The van der Waals surface area contributed by atoms with Crippen molar-refractivity contribution in [1.82, 2.24) is 4.90 Å². The number of carbonyl (C=O) groups is 1. The quantitative estimate of drug-likeness (QED) is 0.592. The van der Waals surface area contributed by atoms with Crippen LogP contribution in [0, 0.1) is 23.0 Å². The summed E-state index contributed by atoms with van der Waals surface area (Å²) in [6, 6.07) is 12.6. The van der Waals surface area contributed by atoms with Gasteiger partial charge in [0.1, 0.15) is 11.9 Å². The highest BCUT2D eigenvalue weighted by Gasteiger charge is 2.47. The number of hydrogen-bond acceptors (Lipinski definition) is 5. The minimum Gasteiger partial charge on any atom is -0.494 e. The van der Waals surface area contributed by atoms with Crippen molar-refractivity contribution in [3.05, 3.63) is 64.5 Å². The molecule has 0 saturated carbocycles. The van der Waals surface area contributed by atoms with E-state index < -0.39 is 11.6 Å². The van der Waals surface area contributed by atoms with Crippen LogP contribution in [0.1, 0.15) is 34.5 Å². The third-order valence-electron chi connectivity index (χ3n) is 6.58. The molecule has 3 heterocycles. The van der Waals surface area contributed by atoms with Gasteiger partial charge < -0.3 is 15.4 Å². The van der Waals surface area contributed by atoms with Crippen molar-refractivity contribution in [2.45, 2.75) is 37.4 Å². The Balaban J connectivity index is 1.62. The Labute approximate surface area is 194 Å². The summed E-state index contributed by atoms with van der Waals surface area (Å²) < 4.78 is 33.9. The topological polar surface area (TPSA) is 79.3 Å². The highest BCUT2D eigenvalue weighted by Crippen LogP contribution is 2.44. The number of thiophene rings is 1. The lowest BCUT2D eigenvalue weighted by molar-refractivity contribution is 0.0731. The summed E-state index contributed by atoms with van der Waals surface area (Å²) >= 11 is 1.25. The summed E-state index contributed by atoms with van der Waals surface area (Å²) in [6.07, 6.45) is 2.64. The van der Waals surface area contributed by atoms with Crippen LogP contribution in [0.3, 0.4) is 0 Å². The molecule has 5 nitrogen and oxygen atoms in total. The van der Waals surface area contributed by atoms with Gasteiger partial charge in [0.2, 0.25) is 0 Å². The molecule has 3 atom stereocenters. The van der Waals surface area contributed by atoms with Crippen molar-refractivity contribution >= 4 is 17.2 Å². The number of methoxy groups -OCH3 is 1. The van der Waals surface area contributed by atoms with Crippen LogP contribution in [-0.4, -0.2) is 36.0 Å². The smallest absolute Gasteiger partial charge is 0.264 e. The predicted octanol–water partition coefficient (Wildman–Crippen LogP) is 4.94. The number of hydrogen-bond donors (Lipinski definition) is 1. The van der Waals surface area contributed by atoms with Crippen LogP contribution in [0.25, 0.3) is 21.6 Å². The third-order valence-corrected chi connectivity index (χ3v) is 7.75. The maximum Gasteiger partial charge on any atom is 0.264 e. The molecule has 168 valence electrons. The average Bonchev–Trinajstić information content (AvgIpc) is 3.51. The molecule has 2 aromatic carbocycles. The van der Waals surface area contributed by atoms with E-state index in [1.165, 1.54) is 42.7 Å². The van der Waals surface area contributed by atoms with Gasteiger partial charge in [0.05, 0.1) is 17.6 Å². The second-order valence-electron chi connectivity index (χ2n) is 8.42. The molecule has 5 rings (SSSR count). The van der Waals surface area contributed by atoms with Crippen LogP contribution in [0.5, 0.6) is 5.75 Å². The van der Waals surface area contributed by atoms with Gasteiger partial charge in [0.25, 0.3) is 5.91 Å². The van der Waals surface area contributed by atoms with E-state index in [1.54, 1.807) is 18.2 Å². The van der Waals surface area contributed by atoms with Crippen molar-refractivity contribution in [2.75, 3.05) is 7.11 Å². The Bertz CT molecular complexity index is 1300. The van der Waals surface area contributed by atoms with Crippen LogP contribution in [-0.2, 0) is 0 Å². The molecule has 3 aromatic rings. The molecule has 2 N–H and O–H groups in total. The number of nitrogens with zero attached hydrogens (tertiary/aromatic N) is 2. The molecule has 0 aliphatic carbocycles. The molecule has 2 saturated heterocycles. The van der Waals surface area contributed by atoms with Crippen molar-refractivity contribution in [1.29, 1.82) is 5.26 Å². The second kappa shape index (κ2) is 8.25. The lowest BCUT2D eigenvalue weighted by Gasteiger charge is -2.22. The van der Waals surface area contributed by atoms with Crippen LogP contribution in [0.2, 0.25) is 0 Å². The number of amides is 1. The maximum absolute atomic E-state index is 14.5. The number of nitriles is 1. The molecule has 2 aliphatic heterocycles. The number of carbonyl (C=O) groups excluding carboxylic acids is 1. The third kappa shape index (κ3) is 3.58. The van der Waals surface area contributed by atoms with Crippen LogP contribution < -0.4 is 10.5 Å². The van der Waals surface area contributed by atoms with E-state index in [4.69, 9.17) is 15.7 Å². The molecule has 1 aromatic heterocycles. The number of halogens is 2. The van der Waals surface area contributed by atoms with Crippen LogP contribution in [0.15, 0.2) is 42.5 Å². The molecule has 2 aliphatic rings. The summed E-state index contributed by atoms with van der Waals surface area (Å²) in [7, 11) is 1.39. The number of rotatable bonds is 4. The fraction of sp³-hybridized carbons (Fsp3) is 0.280. The zero-order chi connectivity index (χ0) is 23.3. The first-order valence-electron chi connectivity index (χ1n) is 10.7. The molecule has 8 heteroatoms. The molecule has 2 bridgehead atoms. The maximum atomic E-state index is 14.5. The van der Waals surface area contributed by atoms with Gasteiger partial charge >= 0.3 is 0 Å². The van der Waals surface area contributed by atoms with Crippen molar-refractivity contribution in [3.8, 4) is 33.4 Å². The van der Waals surface area contributed by atoms with E-state index in [1.807, 2.05) is 11.0 Å². The van der Waals surface area contributed by atoms with Crippen LogP contribution in [0.4, 0.5) is 8.78 Å². The molecule has 0 spiro atoms. The van der Waals surface area contributed by atoms with E-state index in [0.29, 0.717) is 26.4 Å². The summed E-state index contributed by atoms with van der Waals surface area (Å²) in [5.74, 6) is -1.17. The summed E-state index contributed by atoms with van der Waals surface area (Å²) in [5, 5.41) is 9.07. The van der Waals surface area contributed by atoms with Gasteiger partial charge in [-0.15, -0.1) is 11.3 Å². The lowest BCUT2D eigenvalue weighted by Crippen LogP contribution is -2.40. The molecule has 2 fully saturated rings. The van der Waals surface area contributed by atoms with Crippen molar-refractivity contribution in [3.63, 3.8) is 0 Å². The minimum atomic E-state index is -0.649. The number of fused-ring (bicyclic) bond motifs is 2. The van der Waals surface area contributed by atoms with E-state index in [0.717, 1.165) is 19.3 Å². The fourth-order valence-electron chi connectivity index (χ4n) is 4.99. The van der Waals surface area contributed by atoms with Crippen LogP contribution >= 0.6 is 11.3 Å². The first kappa shape index (κ1) is 21.6. The van der Waals surface area contributed by atoms with Gasteiger partial charge in [-0.3, -0.25) is 4.79 Å². The summed E-state index contributed by atoms with van der Waals surface area (Å²) in [4.78, 5) is 16.5. The Morgan fingerprint density at radius 1 is 1.15 bits per heavy atom. The summed E-state index contributed by atoms with van der Waals surface area (Å²) in [5.41, 5.74) is 7.82. The highest BCUT2D eigenvalue weighted by molar-refractivity contribution is 7.18. The second-order valence-corrected chi connectivity index (χ2v) is 9.47. The summed E-state index contributed by atoms with van der Waals surface area (Å²) in [6.45, 7) is 0. The van der Waals surface area contributed by atoms with Gasteiger partial charge in [-0.1, -0.05) is 6.07 Å². The number of nitrogens with two attached hydrogens (primary N) is 1. The molecule has 33 heavy (non-hydrogen) atoms. The van der Waals surface area contributed by atoms with E-state index in [9.17, 15) is 13.6 Å². The molecule has 0 radical (unpaired) electrons. The lowest BCUT2D eigenvalue weighted by atomic mass is 9.97. The molecular formula is C25H21F2N3O2S. The molecular weight excluding hydrogens is 444 g/mol. The highest BCUT2D eigenvalue weighted by atomic mass is 32.1.